The van der Waals surface area contributed by atoms with E-state index in [4.69, 9.17) is 9.97 Å². The Bertz CT molecular complexity index is 1100. The van der Waals surface area contributed by atoms with Gasteiger partial charge in [-0.25, -0.2) is 4.98 Å². The molecule has 33 heavy (non-hydrogen) atoms. The first-order valence-electron chi connectivity index (χ1n) is 12.3. The average Bonchev–Trinajstić information content (AvgIpc) is 3.20. The summed E-state index contributed by atoms with van der Waals surface area (Å²) in [6.07, 6.45) is 5.30. The lowest BCUT2D eigenvalue weighted by molar-refractivity contribution is 0.203. The molecule has 7 nitrogen and oxygen atoms in total. The van der Waals surface area contributed by atoms with Crippen LogP contribution in [0.15, 0.2) is 36.5 Å². The summed E-state index contributed by atoms with van der Waals surface area (Å²) in [4.78, 5) is 17.0. The summed E-state index contributed by atoms with van der Waals surface area (Å²) in [7, 11) is 2.16. The van der Waals surface area contributed by atoms with Crippen LogP contribution in [-0.2, 0) is 19.6 Å². The zero-order valence-electron chi connectivity index (χ0n) is 20.1. The summed E-state index contributed by atoms with van der Waals surface area (Å²) in [5.41, 5.74) is 5.32. The second-order valence-electron chi connectivity index (χ2n) is 9.73. The van der Waals surface area contributed by atoms with Crippen LogP contribution < -0.4 is 4.90 Å². The van der Waals surface area contributed by atoms with E-state index in [2.05, 4.69) is 58.2 Å². The molecule has 0 saturated carbocycles. The van der Waals surface area contributed by atoms with Gasteiger partial charge >= 0.3 is 0 Å². The molecule has 1 aliphatic heterocycles. The van der Waals surface area contributed by atoms with Crippen LogP contribution in [0, 0.1) is 0 Å². The highest BCUT2D eigenvalue weighted by atomic mass is 16.3. The lowest BCUT2D eigenvalue weighted by Gasteiger charge is -2.38. The van der Waals surface area contributed by atoms with E-state index in [1.165, 1.54) is 17.7 Å². The van der Waals surface area contributed by atoms with Crippen LogP contribution in [0.4, 0.5) is 5.82 Å². The third kappa shape index (κ3) is 4.25. The number of hydrogen-bond acceptors (Lipinski definition) is 6. The van der Waals surface area contributed by atoms with E-state index in [-0.39, 0.29) is 12.6 Å². The minimum atomic E-state index is -0.0210. The fourth-order valence-corrected chi connectivity index (χ4v) is 5.55. The molecule has 1 aliphatic carbocycles. The fraction of sp³-hybridized carbons (Fsp3) is 0.538. The summed E-state index contributed by atoms with van der Waals surface area (Å²) < 4.78 is 2.17. The van der Waals surface area contributed by atoms with Gasteiger partial charge in [-0.3, -0.25) is 19.2 Å². The standard InChI is InChI=1S/C26H36N6O/c1-19(2)30-13-15-31(16-14-30)25-11-5-10-24-28-21(23(18-33)32(24)25)17-29(3)22-9-4-7-20-8-6-12-27-26(20)22/h5-6,8,10-12,19,22,33H,4,7,9,13-18H2,1-3H3/t22-/m0/s1. The molecule has 1 saturated heterocycles. The van der Waals surface area contributed by atoms with E-state index in [0.29, 0.717) is 12.6 Å². The van der Waals surface area contributed by atoms with Gasteiger partial charge in [-0.2, -0.15) is 0 Å². The SMILES string of the molecule is CC(C)N1CCN(c2cccc3nc(CN(C)[C@H]4CCCc5cccnc54)c(CO)n23)CC1. The predicted octanol–water partition coefficient (Wildman–Crippen LogP) is 3.26. The lowest BCUT2D eigenvalue weighted by atomic mass is 9.91. The second kappa shape index (κ2) is 9.41. The maximum atomic E-state index is 10.4. The molecule has 1 fully saturated rings. The minimum Gasteiger partial charge on any atom is -0.390 e. The Morgan fingerprint density at radius 3 is 2.70 bits per heavy atom. The number of nitrogens with zero attached hydrogens (tertiary/aromatic N) is 6. The van der Waals surface area contributed by atoms with Gasteiger partial charge in [0.1, 0.15) is 11.5 Å². The number of pyridine rings is 2. The van der Waals surface area contributed by atoms with Gasteiger partial charge in [-0.05, 0) is 63.9 Å². The second-order valence-corrected chi connectivity index (χ2v) is 9.73. The normalized spacial score (nSPS) is 19.6. The molecule has 176 valence electrons. The molecule has 0 bridgehead atoms. The van der Waals surface area contributed by atoms with E-state index in [9.17, 15) is 5.11 Å². The average molecular weight is 449 g/mol. The largest absolute Gasteiger partial charge is 0.390 e. The number of rotatable bonds is 6. The first-order valence-corrected chi connectivity index (χ1v) is 12.3. The minimum absolute atomic E-state index is 0.0210. The van der Waals surface area contributed by atoms with Crippen LogP contribution in [0.5, 0.6) is 0 Å². The first kappa shape index (κ1) is 22.3. The number of aromatic nitrogens is 3. The number of aryl methyl sites for hydroxylation is 1. The summed E-state index contributed by atoms with van der Waals surface area (Å²) in [6, 6.07) is 11.4. The molecular formula is C26H36N6O. The zero-order chi connectivity index (χ0) is 22.9. The van der Waals surface area contributed by atoms with Gasteiger partial charge in [0.25, 0.3) is 0 Å². The Morgan fingerprint density at radius 1 is 1.12 bits per heavy atom. The molecule has 0 amide bonds. The number of anilines is 1. The van der Waals surface area contributed by atoms with Crippen molar-refractivity contribution >= 4 is 11.5 Å². The van der Waals surface area contributed by atoms with Crippen LogP contribution >= 0.6 is 0 Å². The molecule has 3 aromatic heterocycles. The number of aliphatic hydroxyl groups excluding tert-OH is 1. The molecule has 1 N–H and O–H groups in total. The van der Waals surface area contributed by atoms with Crippen molar-refractivity contribution in [2.45, 2.75) is 58.3 Å². The van der Waals surface area contributed by atoms with Crippen LogP contribution in [0.2, 0.25) is 0 Å². The Labute approximate surface area is 196 Å². The van der Waals surface area contributed by atoms with Crippen molar-refractivity contribution in [2.75, 3.05) is 38.1 Å². The van der Waals surface area contributed by atoms with Crippen LogP contribution in [0.1, 0.15) is 55.4 Å². The Kier molecular flexibility index (Phi) is 6.36. The summed E-state index contributed by atoms with van der Waals surface area (Å²) in [5.74, 6) is 1.13. The monoisotopic (exact) mass is 448 g/mol. The van der Waals surface area contributed by atoms with Crippen molar-refractivity contribution < 1.29 is 5.11 Å². The molecule has 0 unspecified atom stereocenters. The zero-order valence-corrected chi connectivity index (χ0v) is 20.1. The summed E-state index contributed by atoms with van der Waals surface area (Å²) in [6.45, 7) is 9.28. The van der Waals surface area contributed by atoms with Crippen LogP contribution in [-0.4, -0.2) is 68.5 Å². The van der Waals surface area contributed by atoms with Crippen molar-refractivity contribution in [2.24, 2.45) is 0 Å². The number of fused-ring (bicyclic) bond motifs is 2. The molecule has 5 rings (SSSR count). The van der Waals surface area contributed by atoms with Crippen LogP contribution in [0.25, 0.3) is 5.65 Å². The Hall–Kier alpha value is -2.48. The number of piperazine rings is 1. The van der Waals surface area contributed by atoms with Crippen LogP contribution in [0.3, 0.4) is 0 Å². The third-order valence-corrected chi connectivity index (χ3v) is 7.42. The molecule has 0 aromatic carbocycles. The van der Waals surface area contributed by atoms with Crippen molar-refractivity contribution in [3.05, 3.63) is 59.2 Å². The van der Waals surface area contributed by atoms with Gasteiger partial charge in [0.15, 0.2) is 0 Å². The van der Waals surface area contributed by atoms with E-state index in [1.54, 1.807) is 0 Å². The van der Waals surface area contributed by atoms with E-state index >= 15 is 0 Å². The molecule has 1 atom stereocenters. The number of imidazole rings is 1. The number of aliphatic hydroxyl groups is 1. The lowest BCUT2D eigenvalue weighted by Crippen LogP contribution is -2.49. The number of hydrogen-bond donors (Lipinski definition) is 1. The third-order valence-electron chi connectivity index (χ3n) is 7.42. The topological polar surface area (TPSA) is 60.1 Å². The molecular weight excluding hydrogens is 412 g/mol. The highest BCUT2D eigenvalue weighted by molar-refractivity contribution is 5.55. The quantitative estimate of drug-likeness (QED) is 0.625. The Morgan fingerprint density at radius 2 is 1.94 bits per heavy atom. The maximum absolute atomic E-state index is 10.4. The molecule has 3 aromatic rings. The van der Waals surface area contributed by atoms with Gasteiger partial charge in [-0.15, -0.1) is 0 Å². The van der Waals surface area contributed by atoms with E-state index in [0.717, 1.165) is 61.9 Å². The highest BCUT2D eigenvalue weighted by Gasteiger charge is 2.27. The molecule has 7 heteroatoms. The van der Waals surface area contributed by atoms with Gasteiger partial charge in [0.2, 0.25) is 0 Å². The van der Waals surface area contributed by atoms with Gasteiger partial charge in [0, 0.05) is 45.0 Å². The first-order chi connectivity index (χ1) is 16.1. The van der Waals surface area contributed by atoms with Gasteiger partial charge in [-0.1, -0.05) is 12.1 Å². The molecule has 0 radical (unpaired) electrons. The molecule has 4 heterocycles. The fourth-order valence-electron chi connectivity index (χ4n) is 5.55. The molecule has 2 aliphatic rings. The van der Waals surface area contributed by atoms with Crippen molar-refractivity contribution in [3.63, 3.8) is 0 Å². The van der Waals surface area contributed by atoms with Crippen molar-refractivity contribution in [1.82, 2.24) is 24.2 Å². The van der Waals surface area contributed by atoms with Gasteiger partial charge < -0.3 is 10.0 Å². The maximum Gasteiger partial charge on any atom is 0.138 e. The van der Waals surface area contributed by atoms with Crippen molar-refractivity contribution in [3.8, 4) is 0 Å². The predicted molar refractivity (Wildman–Crippen MR) is 131 cm³/mol. The van der Waals surface area contributed by atoms with Crippen molar-refractivity contribution in [1.29, 1.82) is 0 Å². The highest BCUT2D eigenvalue weighted by Crippen LogP contribution is 2.33. The van der Waals surface area contributed by atoms with Gasteiger partial charge in [0.05, 0.1) is 29.7 Å². The summed E-state index contributed by atoms with van der Waals surface area (Å²) in [5, 5.41) is 10.4. The molecule has 0 spiro atoms. The van der Waals surface area contributed by atoms with E-state index in [1.807, 2.05) is 18.3 Å². The van der Waals surface area contributed by atoms with E-state index < -0.39 is 0 Å². The smallest absolute Gasteiger partial charge is 0.138 e. The summed E-state index contributed by atoms with van der Waals surface area (Å²) >= 11 is 0. The Balaban J connectivity index is 1.43.